The number of fused-ring (bicyclic) bond motifs is 2. The van der Waals surface area contributed by atoms with E-state index < -0.39 is 23.2 Å². The van der Waals surface area contributed by atoms with Gasteiger partial charge in [-0.2, -0.15) is 0 Å². The Balaban J connectivity index is 1.59. The number of benzene rings is 2. The fourth-order valence-electron chi connectivity index (χ4n) is 3.36. The quantitative estimate of drug-likeness (QED) is 0.492. The van der Waals surface area contributed by atoms with E-state index in [0.29, 0.717) is 16.7 Å². The van der Waals surface area contributed by atoms with Gasteiger partial charge in [0.1, 0.15) is 11.2 Å². The van der Waals surface area contributed by atoms with E-state index in [1.807, 2.05) is 19.9 Å². The zero-order valence-electron chi connectivity index (χ0n) is 15.8. The number of halogens is 2. The van der Waals surface area contributed by atoms with Gasteiger partial charge in [-0.25, -0.2) is 13.6 Å². The Bertz CT molecular complexity index is 1320. The molecule has 0 aliphatic carbocycles. The molecule has 29 heavy (non-hydrogen) atoms. The molecule has 4 aromatic rings. The molecular formula is C22H17F2NO4. The van der Waals surface area contributed by atoms with Crippen LogP contribution in [-0.2, 0) is 11.2 Å². The Morgan fingerprint density at radius 1 is 1.03 bits per heavy atom. The average molecular weight is 397 g/mol. The number of rotatable bonds is 4. The zero-order valence-corrected chi connectivity index (χ0v) is 15.8. The first kappa shape index (κ1) is 18.9. The van der Waals surface area contributed by atoms with Crippen molar-refractivity contribution in [3.8, 4) is 0 Å². The van der Waals surface area contributed by atoms with Crippen LogP contribution < -0.4 is 10.9 Å². The van der Waals surface area contributed by atoms with E-state index in [1.165, 1.54) is 6.07 Å². The normalized spacial score (nSPS) is 11.3. The molecule has 7 heteroatoms. The molecular weight excluding hydrogens is 380 g/mol. The molecule has 0 aliphatic rings. The number of furan rings is 1. The molecule has 1 amide bonds. The lowest BCUT2D eigenvalue weighted by atomic mass is 10.0. The first-order chi connectivity index (χ1) is 13.8. The summed E-state index contributed by atoms with van der Waals surface area (Å²) >= 11 is 0. The van der Waals surface area contributed by atoms with Crippen LogP contribution in [0.2, 0.25) is 0 Å². The minimum atomic E-state index is -1.05. The fourth-order valence-corrected chi connectivity index (χ4v) is 3.36. The van der Waals surface area contributed by atoms with Crippen molar-refractivity contribution in [3.63, 3.8) is 0 Å². The van der Waals surface area contributed by atoms with Crippen LogP contribution in [0.15, 0.2) is 50.2 Å². The van der Waals surface area contributed by atoms with E-state index in [0.717, 1.165) is 34.0 Å². The highest BCUT2D eigenvalue weighted by Crippen LogP contribution is 2.29. The van der Waals surface area contributed by atoms with Crippen LogP contribution in [0.3, 0.4) is 0 Å². The first-order valence-corrected chi connectivity index (χ1v) is 9.02. The maximum Gasteiger partial charge on any atom is 0.339 e. The lowest BCUT2D eigenvalue weighted by Crippen LogP contribution is -2.16. The Labute approximate surface area is 163 Å². The average Bonchev–Trinajstić information content (AvgIpc) is 3.03. The molecule has 0 saturated heterocycles. The molecule has 5 nitrogen and oxygen atoms in total. The van der Waals surface area contributed by atoms with Crippen molar-refractivity contribution < 1.29 is 22.4 Å². The second kappa shape index (κ2) is 7.16. The van der Waals surface area contributed by atoms with E-state index in [1.54, 1.807) is 12.3 Å². The van der Waals surface area contributed by atoms with Crippen LogP contribution in [0.25, 0.3) is 21.9 Å². The summed E-state index contributed by atoms with van der Waals surface area (Å²) in [7, 11) is 0. The summed E-state index contributed by atoms with van der Waals surface area (Å²) in [5, 5.41) is 4.20. The van der Waals surface area contributed by atoms with Crippen LogP contribution in [0.4, 0.5) is 14.5 Å². The van der Waals surface area contributed by atoms with E-state index in [2.05, 4.69) is 5.32 Å². The largest absolute Gasteiger partial charge is 0.464 e. The summed E-state index contributed by atoms with van der Waals surface area (Å²) in [4.78, 5) is 24.6. The van der Waals surface area contributed by atoms with Crippen molar-refractivity contribution in [2.75, 3.05) is 5.32 Å². The number of nitrogens with one attached hydrogen (secondary N) is 1. The van der Waals surface area contributed by atoms with Gasteiger partial charge in [0.2, 0.25) is 5.91 Å². The van der Waals surface area contributed by atoms with Crippen LogP contribution >= 0.6 is 0 Å². The number of anilines is 1. The Hall–Kier alpha value is -3.48. The SMILES string of the molecule is Cc1coc2cc3oc(=O)c(CCC(=O)Nc4ccc(F)c(F)c4)c(C)c3cc12. The summed E-state index contributed by atoms with van der Waals surface area (Å²) in [5.41, 5.74) is 2.80. The minimum absolute atomic E-state index is 0.0108. The summed E-state index contributed by atoms with van der Waals surface area (Å²) in [6.45, 7) is 3.73. The summed E-state index contributed by atoms with van der Waals surface area (Å²) < 4.78 is 37.1. The van der Waals surface area contributed by atoms with Gasteiger partial charge in [-0.15, -0.1) is 0 Å². The van der Waals surface area contributed by atoms with Gasteiger partial charge in [0, 0.05) is 40.6 Å². The van der Waals surface area contributed by atoms with Gasteiger partial charge in [-0.1, -0.05) is 0 Å². The van der Waals surface area contributed by atoms with E-state index in [9.17, 15) is 18.4 Å². The molecule has 0 fully saturated rings. The Morgan fingerprint density at radius 3 is 2.59 bits per heavy atom. The minimum Gasteiger partial charge on any atom is -0.464 e. The molecule has 2 heterocycles. The van der Waals surface area contributed by atoms with Gasteiger partial charge in [0.05, 0.1) is 6.26 Å². The molecule has 0 radical (unpaired) electrons. The molecule has 0 bridgehead atoms. The van der Waals surface area contributed by atoms with Crippen molar-refractivity contribution in [2.45, 2.75) is 26.7 Å². The fraction of sp³-hybridized carbons (Fsp3) is 0.182. The topological polar surface area (TPSA) is 72.5 Å². The maximum absolute atomic E-state index is 13.3. The molecule has 4 rings (SSSR count). The van der Waals surface area contributed by atoms with E-state index in [4.69, 9.17) is 8.83 Å². The van der Waals surface area contributed by atoms with Gasteiger partial charge in [0.15, 0.2) is 11.6 Å². The summed E-state index contributed by atoms with van der Waals surface area (Å²) in [5.74, 6) is -2.46. The highest BCUT2D eigenvalue weighted by atomic mass is 19.2. The third-order valence-electron chi connectivity index (χ3n) is 4.98. The first-order valence-electron chi connectivity index (χ1n) is 9.02. The van der Waals surface area contributed by atoms with Gasteiger partial charge < -0.3 is 14.2 Å². The smallest absolute Gasteiger partial charge is 0.339 e. The third kappa shape index (κ3) is 3.51. The van der Waals surface area contributed by atoms with E-state index in [-0.39, 0.29) is 18.5 Å². The van der Waals surface area contributed by atoms with Crippen LogP contribution in [-0.4, -0.2) is 5.91 Å². The highest BCUT2D eigenvalue weighted by molar-refractivity contribution is 5.96. The third-order valence-corrected chi connectivity index (χ3v) is 4.98. The van der Waals surface area contributed by atoms with Crippen LogP contribution in [0, 0.1) is 25.5 Å². The predicted molar refractivity (Wildman–Crippen MR) is 105 cm³/mol. The number of hydrogen-bond donors (Lipinski definition) is 1. The van der Waals surface area contributed by atoms with Crippen LogP contribution in [0.5, 0.6) is 0 Å². The van der Waals surface area contributed by atoms with Gasteiger partial charge in [-0.3, -0.25) is 4.79 Å². The number of carbonyl (C=O) groups is 1. The zero-order chi connectivity index (χ0) is 20.7. The monoisotopic (exact) mass is 397 g/mol. The Kier molecular flexibility index (Phi) is 4.66. The lowest BCUT2D eigenvalue weighted by Gasteiger charge is -2.09. The standard InChI is InChI=1S/C22H17F2NO4/c1-11-10-28-19-9-20-16(8-15(11)19)12(2)14(22(27)29-20)4-6-21(26)25-13-3-5-17(23)18(24)7-13/h3,5,7-10H,4,6H2,1-2H3,(H,25,26). The number of hydrogen-bond acceptors (Lipinski definition) is 4. The predicted octanol–water partition coefficient (Wildman–Crippen LogP) is 5.01. The second-order valence-electron chi connectivity index (χ2n) is 6.93. The second-order valence-corrected chi connectivity index (χ2v) is 6.93. The molecule has 2 aromatic carbocycles. The van der Waals surface area contributed by atoms with Gasteiger partial charge >= 0.3 is 5.63 Å². The lowest BCUT2D eigenvalue weighted by molar-refractivity contribution is -0.116. The number of carbonyl (C=O) groups excluding carboxylic acids is 1. The van der Waals surface area contributed by atoms with Gasteiger partial charge in [-0.05, 0) is 49.6 Å². The molecule has 0 spiro atoms. The molecule has 1 N–H and O–H groups in total. The maximum atomic E-state index is 13.3. The summed E-state index contributed by atoms with van der Waals surface area (Å²) in [6, 6.07) is 6.70. The highest BCUT2D eigenvalue weighted by Gasteiger charge is 2.15. The van der Waals surface area contributed by atoms with Crippen LogP contribution in [0.1, 0.15) is 23.1 Å². The number of aryl methyl sites for hydroxylation is 2. The molecule has 148 valence electrons. The number of amides is 1. The van der Waals surface area contributed by atoms with Crippen molar-refractivity contribution >= 4 is 33.5 Å². The van der Waals surface area contributed by atoms with Crippen molar-refractivity contribution in [1.29, 1.82) is 0 Å². The van der Waals surface area contributed by atoms with E-state index >= 15 is 0 Å². The molecule has 0 atom stereocenters. The van der Waals surface area contributed by atoms with Crippen molar-refractivity contribution in [3.05, 3.63) is 75.3 Å². The molecule has 0 aliphatic heterocycles. The summed E-state index contributed by atoms with van der Waals surface area (Å²) in [6.07, 6.45) is 1.78. The Morgan fingerprint density at radius 2 is 1.83 bits per heavy atom. The van der Waals surface area contributed by atoms with Gasteiger partial charge in [0.25, 0.3) is 0 Å². The van der Waals surface area contributed by atoms with Crippen molar-refractivity contribution in [2.24, 2.45) is 0 Å². The van der Waals surface area contributed by atoms with Crippen molar-refractivity contribution in [1.82, 2.24) is 0 Å². The molecule has 0 saturated carbocycles. The molecule has 0 unspecified atom stereocenters. The molecule has 2 aromatic heterocycles.